The minimum absolute atomic E-state index is 0.458. The van der Waals surface area contributed by atoms with Gasteiger partial charge in [-0.2, -0.15) is 0 Å². The Balaban J connectivity index is 1.66. The lowest BCUT2D eigenvalue weighted by Gasteiger charge is -2.29. The fourth-order valence-corrected chi connectivity index (χ4v) is 3.81. The number of fused-ring (bicyclic) bond motifs is 1. The van der Waals surface area contributed by atoms with Crippen LogP contribution in [0.15, 0.2) is 29.4 Å². The van der Waals surface area contributed by atoms with Crippen molar-refractivity contribution >= 4 is 11.8 Å². The molecule has 1 aromatic heterocycles. The van der Waals surface area contributed by atoms with E-state index in [1.54, 1.807) is 11.8 Å². The summed E-state index contributed by atoms with van der Waals surface area (Å²) in [4.78, 5) is 0. The lowest BCUT2D eigenvalue weighted by molar-refractivity contribution is 0.590. The molecular formula is C15H20N4S. The molecule has 1 aliphatic rings. The van der Waals surface area contributed by atoms with E-state index in [2.05, 4.69) is 46.0 Å². The third-order valence-electron chi connectivity index (χ3n) is 3.80. The minimum Gasteiger partial charge on any atom is -0.324 e. The normalized spacial score (nSPS) is 16.8. The molecule has 0 saturated carbocycles. The van der Waals surface area contributed by atoms with Crippen molar-refractivity contribution in [1.29, 1.82) is 0 Å². The van der Waals surface area contributed by atoms with Crippen LogP contribution in [0, 0.1) is 0 Å². The number of aromatic nitrogens is 3. The summed E-state index contributed by atoms with van der Waals surface area (Å²) in [5.74, 6) is 2.62. The minimum atomic E-state index is 0.458. The van der Waals surface area contributed by atoms with E-state index in [9.17, 15) is 0 Å². The molecule has 0 radical (unpaired) electrons. The Bertz CT molecular complexity index is 593. The first-order valence-electron chi connectivity index (χ1n) is 7.16. The molecule has 0 aliphatic heterocycles. The van der Waals surface area contributed by atoms with E-state index in [0.717, 1.165) is 29.7 Å². The largest absolute Gasteiger partial charge is 0.324 e. The van der Waals surface area contributed by atoms with Gasteiger partial charge in [0.15, 0.2) is 5.16 Å². The van der Waals surface area contributed by atoms with Crippen LogP contribution in [0.1, 0.15) is 36.2 Å². The lowest BCUT2D eigenvalue weighted by atomic mass is 9.79. The van der Waals surface area contributed by atoms with Gasteiger partial charge in [-0.15, -0.1) is 10.2 Å². The quantitative estimate of drug-likeness (QED) is 0.830. The standard InChI is InChI=1S/C15H20N4S/c1-2-7-19-14(9-16)17-18-15(19)20-10-12-8-11-5-3-4-6-13(11)12/h3-6,12H,2,7-10,16H2,1H3. The van der Waals surface area contributed by atoms with Crippen LogP contribution in [-0.2, 0) is 19.5 Å². The zero-order valence-electron chi connectivity index (χ0n) is 11.7. The summed E-state index contributed by atoms with van der Waals surface area (Å²) in [5.41, 5.74) is 8.71. The topological polar surface area (TPSA) is 56.7 Å². The van der Waals surface area contributed by atoms with Crippen LogP contribution in [-0.4, -0.2) is 20.5 Å². The van der Waals surface area contributed by atoms with E-state index >= 15 is 0 Å². The molecule has 1 aromatic carbocycles. The maximum absolute atomic E-state index is 5.72. The molecule has 2 aromatic rings. The zero-order chi connectivity index (χ0) is 13.9. The van der Waals surface area contributed by atoms with Gasteiger partial charge in [0.1, 0.15) is 5.82 Å². The van der Waals surface area contributed by atoms with Gasteiger partial charge in [0.2, 0.25) is 0 Å². The zero-order valence-corrected chi connectivity index (χ0v) is 12.6. The maximum Gasteiger partial charge on any atom is 0.191 e. The molecule has 0 saturated heterocycles. The van der Waals surface area contributed by atoms with Gasteiger partial charge < -0.3 is 10.3 Å². The number of hydrogen-bond acceptors (Lipinski definition) is 4. The average molecular weight is 288 g/mol. The van der Waals surface area contributed by atoms with Gasteiger partial charge in [0, 0.05) is 12.3 Å². The van der Waals surface area contributed by atoms with Crippen LogP contribution >= 0.6 is 11.8 Å². The molecule has 5 heteroatoms. The van der Waals surface area contributed by atoms with Crippen LogP contribution in [0.3, 0.4) is 0 Å². The summed E-state index contributed by atoms with van der Waals surface area (Å²) in [7, 11) is 0. The highest BCUT2D eigenvalue weighted by Gasteiger charge is 2.26. The number of hydrogen-bond donors (Lipinski definition) is 1. The fourth-order valence-electron chi connectivity index (χ4n) is 2.71. The molecule has 4 nitrogen and oxygen atoms in total. The van der Waals surface area contributed by atoms with Gasteiger partial charge >= 0.3 is 0 Å². The van der Waals surface area contributed by atoms with Crippen LogP contribution in [0.5, 0.6) is 0 Å². The van der Waals surface area contributed by atoms with E-state index in [1.165, 1.54) is 17.5 Å². The highest BCUT2D eigenvalue weighted by Crippen LogP contribution is 2.38. The number of nitrogens with two attached hydrogens (primary N) is 1. The van der Waals surface area contributed by atoms with E-state index in [1.807, 2.05) is 0 Å². The van der Waals surface area contributed by atoms with Gasteiger partial charge in [-0.1, -0.05) is 43.0 Å². The molecule has 0 amide bonds. The highest BCUT2D eigenvalue weighted by atomic mass is 32.2. The van der Waals surface area contributed by atoms with Gasteiger partial charge in [-0.05, 0) is 29.9 Å². The number of nitrogens with zero attached hydrogens (tertiary/aromatic N) is 3. The third-order valence-corrected chi connectivity index (χ3v) is 4.93. The summed E-state index contributed by atoms with van der Waals surface area (Å²) in [5, 5.41) is 9.49. The molecule has 0 fully saturated rings. The van der Waals surface area contributed by atoms with E-state index in [4.69, 9.17) is 5.73 Å². The Morgan fingerprint density at radius 1 is 1.35 bits per heavy atom. The molecule has 3 rings (SSSR count). The first-order valence-corrected chi connectivity index (χ1v) is 8.14. The van der Waals surface area contributed by atoms with Crippen molar-refractivity contribution in [2.75, 3.05) is 5.75 Å². The molecular weight excluding hydrogens is 268 g/mol. The van der Waals surface area contributed by atoms with Crippen LogP contribution in [0.2, 0.25) is 0 Å². The maximum atomic E-state index is 5.72. The van der Waals surface area contributed by atoms with Crippen molar-refractivity contribution in [3.8, 4) is 0 Å². The first-order chi connectivity index (χ1) is 9.83. The predicted octanol–water partition coefficient (Wildman–Crippen LogP) is 2.58. The number of thioether (sulfide) groups is 1. The SMILES string of the molecule is CCCn1c(CN)nnc1SCC1Cc2ccccc21. The molecule has 2 N–H and O–H groups in total. The van der Waals surface area contributed by atoms with E-state index in [-0.39, 0.29) is 0 Å². The van der Waals surface area contributed by atoms with Gasteiger partial charge in [-0.25, -0.2) is 0 Å². The molecule has 1 atom stereocenters. The highest BCUT2D eigenvalue weighted by molar-refractivity contribution is 7.99. The van der Waals surface area contributed by atoms with Crippen molar-refractivity contribution in [2.24, 2.45) is 5.73 Å². The lowest BCUT2D eigenvalue weighted by Crippen LogP contribution is -2.19. The van der Waals surface area contributed by atoms with Gasteiger partial charge in [-0.3, -0.25) is 0 Å². The Morgan fingerprint density at radius 3 is 2.95 bits per heavy atom. The number of rotatable bonds is 6. The molecule has 1 unspecified atom stereocenters. The smallest absolute Gasteiger partial charge is 0.191 e. The third kappa shape index (κ3) is 2.47. The van der Waals surface area contributed by atoms with Crippen molar-refractivity contribution in [2.45, 2.75) is 43.9 Å². The fraction of sp³-hybridized carbons (Fsp3) is 0.467. The summed E-state index contributed by atoms with van der Waals surface area (Å²) in [6.07, 6.45) is 2.26. The molecule has 1 heterocycles. The van der Waals surface area contributed by atoms with Crippen LogP contribution in [0.25, 0.3) is 0 Å². The molecule has 20 heavy (non-hydrogen) atoms. The van der Waals surface area contributed by atoms with Crippen molar-refractivity contribution in [3.63, 3.8) is 0 Å². The molecule has 0 bridgehead atoms. The Morgan fingerprint density at radius 2 is 2.20 bits per heavy atom. The van der Waals surface area contributed by atoms with Crippen LogP contribution in [0.4, 0.5) is 0 Å². The summed E-state index contributed by atoms with van der Waals surface area (Å²) >= 11 is 1.80. The summed E-state index contributed by atoms with van der Waals surface area (Å²) in [6, 6.07) is 8.71. The second-order valence-corrected chi connectivity index (χ2v) is 6.15. The van der Waals surface area contributed by atoms with Crippen molar-refractivity contribution in [3.05, 3.63) is 41.2 Å². The van der Waals surface area contributed by atoms with Gasteiger partial charge in [0.05, 0.1) is 6.54 Å². The predicted molar refractivity (Wildman–Crippen MR) is 81.8 cm³/mol. The summed E-state index contributed by atoms with van der Waals surface area (Å²) in [6.45, 7) is 3.57. The molecule has 106 valence electrons. The van der Waals surface area contributed by atoms with Crippen molar-refractivity contribution in [1.82, 2.24) is 14.8 Å². The second kappa shape index (κ2) is 5.97. The molecule has 1 aliphatic carbocycles. The Kier molecular flexibility index (Phi) is 4.08. The number of benzene rings is 1. The monoisotopic (exact) mass is 288 g/mol. The Labute approximate surface area is 123 Å². The Hall–Kier alpha value is -1.33. The first kappa shape index (κ1) is 13.6. The van der Waals surface area contributed by atoms with Gasteiger partial charge in [0.25, 0.3) is 0 Å². The van der Waals surface area contributed by atoms with E-state index in [0.29, 0.717) is 12.5 Å². The molecule has 0 spiro atoms. The van der Waals surface area contributed by atoms with Crippen molar-refractivity contribution < 1.29 is 0 Å². The average Bonchev–Trinajstić information content (AvgIpc) is 2.83. The summed E-state index contributed by atoms with van der Waals surface area (Å²) < 4.78 is 2.16. The van der Waals surface area contributed by atoms with Crippen LogP contribution < -0.4 is 5.73 Å². The second-order valence-electron chi connectivity index (χ2n) is 5.17. The van der Waals surface area contributed by atoms with E-state index < -0.39 is 0 Å².